The molecule has 2 saturated carbocycles. The van der Waals surface area contributed by atoms with Crippen molar-refractivity contribution in [2.24, 2.45) is 5.92 Å². The van der Waals surface area contributed by atoms with E-state index in [1.54, 1.807) is 0 Å². The van der Waals surface area contributed by atoms with Gasteiger partial charge in [0.2, 0.25) is 5.91 Å². The topological polar surface area (TPSA) is 62.5 Å². The Bertz CT molecular complexity index is 496. The minimum Gasteiger partial charge on any atom is -0.466 e. The molecule has 0 radical (unpaired) electrons. The molecule has 1 aromatic rings. The van der Waals surface area contributed by atoms with Gasteiger partial charge < -0.3 is 14.8 Å². The largest absolute Gasteiger partial charge is 0.466 e. The van der Waals surface area contributed by atoms with Crippen LogP contribution in [0.1, 0.15) is 62.9 Å². The summed E-state index contributed by atoms with van der Waals surface area (Å²) >= 11 is 0. The van der Waals surface area contributed by atoms with Gasteiger partial charge in [0, 0.05) is 18.8 Å². The van der Waals surface area contributed by atoms with E-state index in [2.05, 4.69) is 12.2 Å². The van der Waals surface area contributed by atoms with Crippen LogP contribution >= 0.6 is 0 Å². The van der Waals surface area contributed by atoms with Gasteiger partial charge in [0.25, 0.3) is 0 Å². The van der Waals surface area contributed by atoms with Crippen LogP contribution in [-0.2, 0) is 11.2 Å². The maximum Gasteiger partial charge on any atom is 0.220 e. The summed E-state index contributed by atoms with van der Waals surface area (Å²) < 4.78 is 5.81. The quantitative estimate of drug-likeness (QED) is 0.877. The highest BCUT2D eigenvalue weighted by Crippen LogP contribution is 2.47. The predicted octanol–water partition coefficient (Wildman–Crippen LogP) is 2.76. The van der Waals surface area contributed by atoms with E-state index in [-0.39, 0.29) is 18.1 Å². The third-order valence-electron chi connectivity index (χ3n) is 4.83. The van der Waals surface area contributed by atoms with E-state index in [4.69, 9.17) is 4.42 Å². The Labute approximate surface area is 125 Å². The number of amides is 1. The van der Waals surface area contributed by atoms with Crippen molar-refractivity contribution in [1.82, 2.24) is 5.32 Å². The van der Waals surface area contributed by atoms with Gasteiger partial charge in [0.15, 0.2) is 0 Å². The smallest absolute Gasteiger partial charge is 0.220 e. The summed E-state index contributed by atoms with van der Waals surface area (Å²) in [7, 11) is 0. The zero-order chi connectivity index (χ0) is 14.8. The van der Waals surface area contributed by atoms with Gasteiger partial charge >= 0.3 is 0 Å². The second kappa shape index (κ2) is 6.22. The average Bonchev–Trinajstić information content (AvgIpc) is 3.01. The van der Waals surface area contributed by atoms with Crippen LogP contribution in [0, 0.1) is 5.92 Å². The number of rotatable bonds is 5. The summed E-state index contributed by atoms with van der Waals surface area (Å²) in [4.78, 5) is 12.0. The maximum atomic E-state index is 12.0. The number of hydrogen-bond donors (Lipinski definition) is 2. The third-order valence-corrected chi connectivity index (χ3v) is 4.83. The first-order valence-corrected chi connectivity index (χ1v) is 8.19. The molecule has 0 saturated heterocycles. The van der Waals surface area contributed by atoms with E-state index in [1.807, 2.05) is 12.1 Å². The molecule has 2 fully saturated rings. The van der Waals surface area contributed by atoms with E-state index in [1.165, 1.54) is 6.42 Å². The molecule has 0 bridgehead atoms. The van der Waals surface area contributed by atoms with E-state index < -0.39 is 0 Å². The van der Waals surface area contributed by atoms with Crippen molar-refractivity contribution < 1.29 is 14.3 Å². The minimum atomic E-state index is -0.380. The molecule has 4 heteroatoms. The zero-order valence-electron chi connectivity index (χ0n) is 12.7. The number of aryl methyl sites for hydroxylation is 1. The van der Waals surface area contributed by atoms with E-state index in [9.17, 15) is 9.90 Å². The Morgan fingerprint density at radius 1 is 1.38 bits per heavy atom. The normalized spacial score (nSPS) is 31.9. The summed E-state index contributed by atoms with van der Waals surface area (Å²) in [5, 5.41) is 12.8. The number of aliphatic hydroxyl groups is 1. The third kappa shape index (κ3) is 3.67. The van der Waals surface area contributed by atoms with Crippen LogP contribution in [0.15, 0.2) is 16.5 Å². The van der Waals surface area contributed by atoms with E-state index in [0.29, 0.717) is 18.8 Å². The van der Waals surface area contributed by atoms with Gasteiger partial charge in [-0.15, -0.1) is 0 Å². The molecule has 0 aromatic carbocycles. The number of carbonyl (C=O) groups is 1. The molecule has 3 rings (SSSR count). The molecule has 0 aliphatic heterocycles. The average molecular weight is 291 g/mol. The van der Waals surface area contributed by atoms with Gasteiger partial charge in [-0.1, -0.05) is 19.8 Å². The summed E-state index contributed by atoms with van der Waals surface area (Å²) in [5.74, 6) is 3.30. The summed E-state index contributed by atoms with van der Waals surface area (Å²) in [5.41, 5.74) is 0. The molecule has 116 valence electrons. The molecule has 4 atom stereocenters. The monoisotopic (exact) mass is 291 g/mol. The van der Waals surface area contributed by atoms with Gasteiger partial charge in [-0.2, -0.15) is 0 Å². The molecular formula is C17H25NO3. The Morgan fingerprint density at radius 3 is 2.86 bits per heavy atom. The van der Waals surface area contributed by atoms with Crippen molar-refractivity contribution in [3.05, 3.63) is 23.7 Å². The maximum absolute atomic E-state index is 12.0. The van der Waals surface area contributed by atoms with Gasteiger partial charge in [-0.05, 0) is 37.3 Å². The SMILES string of the molecule is CC1CC1c1ccc(CCC(=O)NC2CCCCC2O)o1. The van der Waals surface area contributed by atoms with Crippen molar-refractivity contribution in [3.8, 4) is 0 Å². The molecular weight excluding hydrogens is 266 g/mol. The van der Waals surface area contributed by atoms with Gasteiger partial charge in [0.05, 0.1) is 12.1 Å². The molecule has 4 unspecified atom stereocenters. The predicted molar refractivity (Wildman–Crippen MR) is 80.0 cm³/mol. The lowest BCUT2D eigenvalue weighted by atomic mass is 9.92. The zero-order valence-corrected chi connectivity index (χ0v) is 12.7. The molecule has 2 aliphatic rings. The molecule has 2 N–H and O–H groups in total. The fourth-order valence-corrected chi connectivity index (χ4v) is 3.24. The highest BCUT2D eigenvalue weighted by molar-refractivity contribution is 5.76. The highest BCUT2D eigenvalue weighted by atomic mass is 16.3. The molecule has 2 aliphatic carbocycles. The number of aliphatic hydroxyl groups excluding tert-OH is 1. The Hall–Kier alpha value is -1.29. The number of hydrogen-bond acceptors (Lipinski definition) is 3. The number of carbonyl (C=O) groups excluding carboxylic acids is 1. The highest BCUT2D eigenvalue weighted by Gasteiger charge is 2.36. The number of nitrogens with one attached hydrogen (secondary N) is 1. The van der Waals surface area contributed by atoms with Crippen molar-refractivity contribution in [2.45, 2.75) is 69.9 Å². The van der Waals surface area contributed by atoms with Crippen LogP contribution in [-0.4, -0.2) is 23.2 Å². The van der Waals surface area contributed by atoms with E-state index >= 15 is 0 Å². The molecule has 0 spiro atoms. The second-order valence-corrected chi connectivity index (χ2v) is 6.65. The van der Waals surface area contributed by atoms with Crippen molar-refractivity contribution in [3.63, 3.8) is 0 Å². The van der Waals surface area contributed by atoms with Gasteiger partial charge in [-0.25, -0.2) is 0 Å². The molecule has 21 heavy (non-hydrogen) atoms. The van der Waals surface area contributed by atoms with Crippen molar-refractivity contribution in [1.29, 1.82) is 0 Å². The molecule has 1 aromatic heterocycles. The number of furan rings is 1. The summed E-state index contributed by atoms with van der Waals surface area (Å²) in [6, 6.07) is 3.97. The fourth-order valence-electron chi connectivity index (χ4n) is 3.24. The Kier molecular flexibility index (Phi) is 4.34. The Balaban J connectivity index is 1.44. The Morgan fingerprint density at radius 2 is 2.14 bits per heavy atom. The van der Waals surface area contributed by atoms with Gasteiger partial charge in [-0.3, -0.25) is 4.79 Å². The standard InChI is InChI=1S/C17H25NO3/c1-11-10-13(11)16-8-6-12(21-16)7-9-17(20)18-14-4-2-3-5-15(14)19/h6,8,11,13-15,19H,2-5,7,9-10H2,1H3,(H,18,20). The van der Waals surface area contributed by atoms with Crippen LogP contribution in [0.4, 0.5) is 0 Å². The lowest BCUT2D eigenvalue weighted by molar-refractivity contribution is -0.123. The fraction of sp³-hybridized carbons (Fsp3) is 0.706. The van der Waals surface area contributed by atoms with Crippen LogP contribution in [0.5, 0.6) is 0 Å². The van der Waals surface area contributed by atoms with Crippen LogP contribution in [0.25, 0.3) is 0 Å². The van der Waals surface area contributed by atoms with Crippen LogP contribution in [0.2, 0.25) is 0 Å². The van der Waals surface area contributed by atoms with Gasteiger partial charge in [0.1, 0.15) is 11.5 Å². The van der Waals surface area contributed by atoms with Crippen molar-refractivity contribution in [2.75, 3.05) is 0 Å². The molecule has 1 heterocycles. The minimum absolute atomic E-state index is 0.0127. The first-order chi connectivity index (χ1) is 10.1. The molecule has 4 nitrogen and oxygen atoms in total. The first-order valence-electron chi connectivity index (χ1n) is 8.19. The first kappa shape index (κ1) is 14.6. The molecule has 1 amide bonds. The van der Waals surface area contributed by atoms with Crippen molar-refractivity contribution >= 4 is 5.91 Å². The second-order valence-electron chi connectivity index (χ2n) is 6.65. The lowest BCUT2D eigenvalue weighted by Crippen LogP contribution is -2.45. The van der Waals surface area contributed by atoms with Crippen LogP contribution in [0.3, 0.4) is 0 Å². The van der Waals surface area contributed by atoms with E-state index in [0.717, 1.165) is 43.1 Å². The van der Waals surface area contributed by atoms with Crippen LogP contribution < -0.4 is 5.32 Å². The summed E-state index contributed by atoms with van der Waals surface area (Å²) in [6.07, 6.45) is 5.72. The summed E-state index contributed by atoms with van der Waals surface area (Å²) in [6.45, 7) is 2.23. The lowest BCUT2D eigenvalue weighted by Gasteiger charge is -2.28.